The Hall–Kier alpha value is -4.59. The second kappa shape index (κ2) is 12.1. The summed E-state index contributed by atoms with van der Waals surface area (Å²) in [6, 6.07) is 5.27. The third-order valence-corrected chi connectivity index (χ3v) is 6.18. The lowest BCUT2D eigenvalue weighted by Crippen LogP contribution is -2.42. The van der Waals surface area contributed by atoms with Gasteiger partial charge in [0.05, 0.1) is 31.8 Å². The van der Waals surface area contributed by atoms with Crippen molar-refractivity contribution in [3.05, 3.63) is 41.9 Å². The highest BCUT2D eigenvalue weighted by molar-refractivity contribution is 6.40. The number of hydrogen-bond acceptors (Lipinski definition) is 9. The first-order valence-corrected chi connectivity index (χ1v) is 12.0. The highest BCUT2D eigenvalue weighted by atomic mass is 16.5. The third kappa shape index (κ3) is 6.03. The summed E-state index contributed by atoms with van der Waals surface area (Å²) in [5, 5.41) is 18.1. The predicted molar refractivity (Wildman–Crippen MR) is 141 cm³/mol. The van der Waals surface area contributed by atoms with Crippen LogP contribution in [0.15, 0.2) is 30.7 Å². The average Bonchev–Trinajstić information content (AvgIpc) is 3.28. The number of aromatic nitrogens is 3. The average molecular weight is 522 g/mol. The molecule has 0 fully saturated rings. The Kier molecular flexibility index (Phi) is 8.91. The summed E-state index contributed by atoms with van der Waals surface area (Å²) in [6.45, 7) is 3.66. The number of esters is 1. The number of anilines is 1. The Labute approximate surface area is 220 Å². The number of unbranched alkanes of at least 4 members (excludes halogenated alkanes) is 1. The van der Waals surface area contributed by atoms with Crippen LogP contribution in [0.1, 0.15) is 44.2 Å². The van der Waals surface area contributed by atoms with Crippen LogP contribution in [0, 0.1) is 22.7 Å². The number of carboxylic acid groups (broad SMARTS) is 1. The van der Waals surface area contributed by atoms with Gasteiger partial charge >= 0.3 is 11.9 Å². The number of ether oxygens (including phenoxy) is 3. The summed E-state index contributed by atoms with van der Waals surface area (Å²) >= 11 is 0. The van der Waals surface area contributed by atoms with Gasteiger partial charge in [-0.3, -0.25) is 10.2 Å². The van der Waals surface area contributed by atoms with Crippen LogP contribution in [-0.2, 0) is 20.9 Å². The van der Waals surface area contributed by atoms with Gasteiger partial charge in [-0.15, -0.1) is 0 Å². The zero-order chi connectivity index (χ0) is 27.9. The fourth-order valence-corrected chi connectivity index (χ4v) is 3.81. The highest BCUT2D eigenvalue weighted by Gasteiger charge is 2.43. The smallest absolute Gasteiger partial charge is 0.350 e. The number of carbonyl (C=O) groups is 2. The van der Waals surface area contributed by atoms with Gasteiger partial charge in [0, 0.05) is 24.4 Å². The molecule has 11 nitrogen and oxygen atoms in total. The number of nitrogens with two attached hydrogens (primary N) is 1. The van der Waals surface area contributed by atoms with E-state index < -0.39 is 23.1 Å². The molecule has 1 unspecified atom stereocenters. The van der Waals surface area contributed by atoms with Gasteiger partial charge in [-0.2, -0.15) is 0 Å². The van der Waals surface area contributed by atoms with Gasteiger partial charge in [-0.1, -0.05) is 25.2 Å². The number of nitrogen functional groups attached to an aromatic ring is 1. The fraction of sp³-hybridized carbons (Fsp3) is 0.370. The summed E-state index contributed by atoms with van der Waals surface area (Å²) in [6.07, 6.45) is 4.46. The van der Waals surface area contributed by atoms with Crippen molar-refractivity contribution in [3.8, 4) is 23.3 Å². The maximum atomic E-state index is 12.9. The molecule has 0 aliphatic carbocycles. The summed E-state index contributed by atoms with van der Waals surface area (Å²) in [7, 11) is 3.10. The molecule has 1 aromatic carbocycles. The molecule has 1 atom stereocenters. The van der Waals surface area contributed by atoms with Crippen molar-refractivity contribution in [2.24, 2.45) is 5.41 Å². The Balaban J connectivity index is 1.98. The first-order valence-electron chi connectivity index (χ1n) is 12.0. The number of carbonyl (C=O) groups excluding carboxylic acids is 1. The molecule has 3 aromatic rings. The van der Waals surface area contributed by atoms with Crippen LogP contribution in [-0.4, -0.2) is 58.1 Å². The van der Waals surface area contributed by atoms with Gasteiger partial charge in [0.1, 0.15) is 40.4 Å². The molecule has 0 radical (unpaired) electrons. The number of carboxylic acids is 1. The minimum atomic E-state index is -1.67. The number of rotatable bonds is 11. The van der Waals surface area contributed by atoms with Gasteiger partial charge < -0.3 is 29.6 Å². The molecule has 0 aliphatic rings. The third-order valence-electron chi connectivity index (χ3n) is 6.18. The summed E-state index contributed by atoms with van der Waals surface area (Å²) < 4.78 is 17.6. The van der Waals surface area contributed by atoms with Gasteiger partial charge in [0.25, 0.3) is 0 Å². The quantitative estimate of drug-likeness (QED) is 0.149. The molecule has 3 rings (SSSR count). The van der Waals surface area contributed by atoms with E-state index in [2.05, 4.69) is 21.8 Å². The molecule has 0 amide bonds. The molecule has 11 heteroatoms. The Morgan fingerprint density at radius 2 is 1.84 bits per heavy atom. The van der Waals surface area contributed by atoms with E-state index in [-0.39, 0.29) is 25.4 Å². The van der Waals surface area contributed by atoms with Crippen molar-refractivity contribution in [3.63, 3.8) is 0 Å². The van der Waals surface area contributed by atoms with Crippen LogP contribution in [0.2, 0.25) is 0 Å². The second-order valence-electron chi connectivity index (χ2n) is 8.80. The number of hydrogen-bond donors (Lipinski definition) is 3. The summed E-state index contributed by atoms with van der Waals surface area (Å²) in [4.78, 5) is 32.9. The molecular weight excluding hydrogens is 490 g/mol. The van der Waals surface area contributed by atoms with Gasteiger partial charge in [-0.05, 0) is 31.9 Å². The Morgan fingerprint density at radius 1 is 1.16 bits per heavy atom. The van der Waals surface area contributed by atoms with Crippen LogP contribution in [0.4, 0.5) is 5.82 Å². The van der Waals surface area contributed by atoms with Crippen LogP contribution in [0.5, 0.6) is 11.5 Å². The minimum Gasteiger partial charge on any atom is -0.497 e. The van der Waals surface area contributed by atoms with E-state index in [0.717, 1.165) is 6.42 Å². The normalized spacial score (nSPS) is 12.2. The first-order chi connectivity index (χ1) is 18.1. The van der Waals surface area contributed by atoms with Crippen molar-refractivity contribution in [2.45, 2.75) is 39.7 Å². The topological polar surface area (TPSA) is 163 Å². The number of aliphatic carboxylic acids is 1. The molecule has 2 aromatic heterocycles. The Morgan fingerprint density at radius 3 is 2.45 bits per heavy atom. The molecule has 0 spiro atoms. The van der Waals surface area contributed by atoms with Crippen LogP contribution in [0.25, 0.3) is 11.0 Å². The van der Waals surface area contributed by atoms with E-state index in [4.69, 9.17) is 25.4 Å². The van der Waals surface area contributed by atoms with Gasteiger partial charge in [0.2, 0.25) is 0 Å². The predicted octanol–water partition coefficient (Wildman–Crippen LogP) is 3.27. The second-order valence-corrected chi connectivity index (χ2v) is 8.80. The van der Waals surface area contributed by atoms with Crippen molar-refractivity contribution < 1.29 is 28.9 Å². The van der Waals surface area contributed by atoms with E-state index in [1.54, 1.807) is 43.2 Å². The lowest BCUT2D eigenvalue weighted by atomic mass is 9.81. The lowest BCUT2D eigenvalue weighted by molar-refractivity contribution is -0.152. The molecule has 38 heavy (non-hydrogen) atoms. The maximum absolute atomic E-state index is 12.9. The van der Waals surface area contributed by atoms with Crippen LogP contribution >= 0.6 is 0 Å². The molecule has 200 valence electrons. The zero-order valence-electron chi connectivity index (χ0n) is 21.8. The van der Waals surface area contributed by atoms with E-state index in [0.29, 0.717) is 40.1 Å². The van der Waals surface area contributed by atoms with Crippen molar-refractivity contribution in [1.82, 2.24) is 14.5 Å². The number of fused-ring (bicyclic) bond motifs is 1. The number of methoxy groups -OCH3 is 2. The molecule has 0 saturated carbocycles. The van der Waals surface area contributed by atoms with Crippen molar-refractivity contribution in [1.29, 1.82) is 5.41 Å². The lowest BCUT2D eigenvalue weighted by Gasteiger charge is -2.26. The molecule has 0 aliphatic heterocycles. The SMILES string of the molecule is CCCCOC(=O)C(C)(CCn1cc(C#Cc2cc(OC)cc(OC)c2)c2c(N)ncnc21)C(=N)C(=O)O. The van der Waals surface area contributed by atoms with E-state index >= 15 is 0 Å². The molecule has 4 N–H and O–H groups in total. The number of benzene rings is 1. The van der Waals surface area contributed by atoms with Gasteiger partial charge in [-0.25, -0.2) is 14.8 Å². The zero-order valence-corrected chi connectivity index (χ0v) is 21.8. The fourth-order valence-electron chi connectivity index (χ4n) is 3.81. The highest BCUT2D eigenvalue weighted by Crippen LogP contribution is 2.30. The van der Waals surface area contributed by atoms with E-state index in [9.17, 15) is 14.7 Å². The summed E-state index contributed by atoms with van der Waals surface area (Å²) in [5.74, 6) is 5.33. The molecule has 2 heterocycles. The Bertz CT molecular complexity index is 1400. The number of nitrogens with zero attached hydrogens (tertiary/aromatic N) is 3. The standard InChI is InChI=1S/C27H31N5O6/c1-5-6-11-38-26(35)27(2,22(28)25(33)34)9-10-32-15-18(21-23(29)30-16-31-24(21)32)8-7-17-12-19(36-3)14-20(13-17)37-4/h12-16,28H,5-6,9-11H2,1-4H3,(H,33,34)(H2,29,30,31). The van der Waals surface area contributed by atoms with Crippen LogP contribution in [0.3, 0.4) is 0 Å². The largest absolute Gasteiger partial charge is 0.497 e. The number of nitrogens with one attached hydrogen (secondary N) is 1. The summed E-state index contributed by atoms with van der Waals surface area (Å²) in [5.41, 5.74) is 5.41. The minimum absolute atomic E-state index is 0.0171. The van der Waals surface area contributed by atoms with E-state index in [1.165, 1.54) is 13.3 Å². The van der Waals surface area contributed by atoms with Crippen LogP contribution < -0.4 is 15.2 Å². The van der Waals surface area contributed by atoms with Gasteiger partial charge in [0.15, 0.2) is 0 Å². The maximum Gasteiger partial charge on any atom is 0.350 e. The molecule has 0 bridgehead atoms. The monoisotopic (exact) mass is 521 g/mol. The van der Waals surface area contributed by atoms with E-state index in [1.807, 2.05) is 6.92 Å². The molecule has 0 saturated heterocycles. The van der Waals surface area contributed by atoms with Crippen molar-refractivity contribution >= 4 is 34.5 Å². The molecular formula is C27H31N5O6. The number of aryl methyl sites for hydroxylation is 1. The first kappa shape index (κ1) is 28.0. The van der Waals surface area contributed by atoms with Crippen molar-refractivity contribution in [2.75, 3.05) is 26.6 Å².